The number of carbonyl (C=O) groups is 1. The van der Waals surface area contributed by atoms with Gasteiger partial charge < -0.3 is 10.1 Å². The highest BCUT2D eigenvalue weighted by molar-refractivity contribution is 7.98. The molecular formula is C19H21Cl2NO2S. The quantitative estimate of drug-likeness (QED) is 0.602. The molecule has 0 aliphatic rings. The summed E-state index contributed by atoms with van der Waals surface area (Å²) in [4.78, 5) is 12.3. The van der Waals surface area contributed by atoms with Crippen LogP contribution < -0.4 is 10.1 Å². The fourth-order valence-corrected chi connectivity index (χ4v) is 3.58. The SMILES string of the molecule is CC(C)Oc1ccccc1C(=O)NCCSCc1ccc(Cl)cc1Cl. The minimum atomic E-state index is -0.124. The van der Waals surface area contributed by atoms with Crippen LogP contribution in [0.2, 0.25) is 10.0 Å². The Morgan fingerprint density at radius 3 is 2.68 bits per heavy atom. The van der Waals surface area contributed by atoms with Crippen molar-refractivity contribution in [3.05, 3.63) is 63.6 Å². The number of hydrogen-bond acceptors (Lipinski definition) is 3. The molecule has 0 saturated carbocycles. The van der Waals surface area contributed by atoms with Gasteiger partial charge >= 0.3 is 0 Å². The molecule has 0 radical (unpaired) electrons. The van der Waals surface area contributed by atoms with E-state index < -0.39 is 0 Å². The standard InChI is InChI=1S/C19H21Cl2NO2S/c1-13(2)24-18-6-4-3-5-16(18)19(23)22-9-10-25-12-14-7-8-15(20)11-17(14)21/h3-8,11,13H,9-10,12H2,1-2H3,(H,22,23). The molecule has 2 rings (SSSR count). The van der Waals surface area contributed by atoms with E-state index in [0.29, 0.717) is 27.9 Å². The van der Waals surface area contributed by atoms with E-state index in [1.807, 2.05) is 44.2 Å². The molecule has 0 saturated heterocycles. The number of thioether (sulfide) groups is 1. The van der Waals surface area contributed by atoms with Crippen LogP contribution in [0.5, 0.6) is 5.75 Å². The van der Waals surface area contributed by atoms with Crippen molar-refractivity contribution in [3.8, 4) is 5.75 Å². The van der Waals surface area contributed by atoms with Crippen LogP contribution in [-0.4, -0.2) is 24.3 Å². The lowest BCUT2D eigenvalue weighted by molar-refractivity contribution is 0.0950. The van der Waals surface area contributed by atoms with E-state index in [2.05, 4.69) is 5.32 Å². The van der Waals surface area contributed by atoms with E-state index in [0.717, 1.165) is 17.1 Å². The molecule has 1 amide bonds. The van der Waals surface area contributed by atoms with Crippen LogP contribution in [-0.2, 0) is 5.75 Å². The number of para-hydroxylation sites is 1. The molecule has 0 fully saturated rings. The van der Waals surface area contributed by atoms with Gasteiger partial charge in [-0.15, -0.1) is 0 Å². The number of rotatable bonds is 8. The van der Waals surface area contributed by atoms with Crippen molar-refractivity contribution in [1.29, 1.82) is 0 Å². The van der Waals surface area contributed by atoms with Gasteiger partial charge in [0.05, 0.1) is 11.7 Å². The predicted molar refractivity (Wildman–Crippen MR) is 107 cm³/mol. The van der Waals surface area contributed by atoms with E-state index >= 15 is 0 Å². The maximum absolute atomic E-state index is 12.3. The van der Waals surface area contributed by atoms with Gasteiger partial charge in [-0.2, -0.15) is 11.8 Å². The summed E-state index contributed by atoms with van der Waals surface area (Å²) in [6, 6.07) is 12.8. The molecule has 1 N–H and O–H groups in total. The van der Waals surface area contributed by atoms with E-state index in [1.54, 1.807) is 23.9 Å². The third-order valence-electron chi connectivity index (χ3n) is 3.30. The third kappa shape index (κ3) is 6.46. The lowest BCUT2D eigenvalue weighted by Gasteiger charge is -2.14. The van der Waals surface area contributed by atoms with Crippen LogP contribution in [0.4, 0.5) is 0 Å². The molecule has 0 bridgehead atoms. The van der Waals surface area contributed by atoms with Crippen molar-refractivity contribution < 1.29 is 9.53 Å². The average Bonchev–Trinajstić information content (AvgIpc) is 2.56. The Labute approximate surface area is 163 Å². The topological polar surface area (TPSA) is 38.3 Å². The van der Waals surface area contributed by atoms with Gasteiger partial charge in [0, 0.05) is 28.1 Å². The molecule has 0 atom stereocenters. The second kappa shape index (κ2) is 9.95. The zero-order valence-electron chi connectivity index (χ0n) is 14.2. The molecular weight excluding hydrogens is 377 g/mol. The van der Waals surface area contributed by atoms with Crippen LogP contribution in [0, 0.1) is 0 Å². The minimum absolute atomic E-state index is 0.0219. The summed E-state index contributed by atoms with van der Waals surface area (Å²) < 4.78 is 5.68. The first-order valence-corrected chi connectivity index (χ1v) is 9.94. The fourth-order valence-electron chi connectivity index (χ4n) is 2.16. The van der Waals surface area contributed by atoms with E-state index in [1.165, 1.54) is 0 Å². The van der Waals surface area contributed by atoms with Crippen molar-refractivity contribution in [3.63, 3.8) is 0 Å². The van der Waals surface area contributed by atoms with Gasteiger partial charge in [-0.3, -0.25) is 4.79 Å². The highest BCUT2D eigenvalue weighted by Gasteiger charge is 2.12. The summed E-state index contributed by atoms with van der Waals surface area (Å²) in [5.41, 5.74) is 1.60. The molecule has 0 aromatic heterocycles. The van der Waals surface area contributed by atoms with Crippen molar-refractivity contribution in [2.45, 2.75) is 25.7 Å². The lowest BCUT2D eigenvalue weighted by atomic mass is 10.2. The Kier molecular flexibility index (Phi) is 7.94. The van der Waals surface area contributed by atoms with Crippen LogP contribution in [0.15, 0.2) is 42.5 Å². The van der Waals surface area contributed by atoms with Gasteiger partial charge in [0.2, 0.25) is 0 Å². The maximum atomic E-state index is 12.3. The monoisotopic (exact) mass is 397 g/mol. The zero-order chi connectivity index (χ0) is 18.2. The molecule has 0 unspecified atom stereocenters. The second-order valence-electron chi connectivity index (χ2n) is 5.71. The van der Waals surface area contributed by atoms with Crippen LogP contribution in [0.25, 0.3) is 0 Å². The number of carbonyl (C=O) groups excluding carboxylic acids is 1. The van der Waals surface area contributed by atoms with Gasteiger partial charge in [0.25, 0.3) is 5.91 Å². The van der Waals surface area contributed by atoms with Gasteiger partial charge in [0.1, 0.15) is 5.75 Å². The van der Waals surface area contributed by atoms with Crippen LogP contribution in [0.3, 0.4) is 0 Å². The smallest absolute Gasteiger partial charge is 0.255 e. The Morgan fingerprint density at radius 1 is 1.20 bits per heavy atom. The van der Waals surface area contributed by atoms with E-state index in [9.17, 15) is 4.79 Å². The van der Waals surface area contributed by atoms with Crippen molar-refractivity contribution in [1.82, 2.24) is 5.32 Å². The van der Waals surface area contributed by atoms with E-state index in [-0.39, 0.29) is 12.0 Å². The average molecular weight is 398 g/mol. The summed E-state index contributed by atoms with van der Waals surface area (Å²) in [5, 5.41) is 4.23. The second-order valence-corrected chi connectivity index (χ2v) is 7.66. The van der Waals surface area contributed by atoms with Crippen molar-refractivity contribution >= 4 is 40.9 Å². The third-order valence-corrected chi connectivity index (χ3v) is 4.89. The Morgan fingerprint density at radius 2 is 1.96 bits per heavy atom. The highest BCUT2D eigenvalue weighted by Crippen LogP contribution is 2.24. The highest BCUT2D eigenvalue weighted by atomic mass is 35.5. The summed E-state index contributed by atoms with van der Waals surface area (Å²) in [6.07, 6.45) is 0.0219. The zero-order valence-corrected chi connectivity index (χ0v) is 16.5. The molecule has 3 nitrogen and oxygen atoms in total. The Bertz CT molecular complexity index is 722. The van der Waals surface area contributed by atoms with Gasteiger partial charge in [-0.1, -0.05) is 41.4 Å². The molecule has 0 heterocycles. The number of amides is 1. The first-order valence-electron chi connectivity index (χ1n) is 8.03. The van der Waals surface area contributed by atoms with E-state index in [4.69, 9.17) is 27.9 Å². The molecule has 0 aliphatic carbocycles. The van der Waals surface area contributed by atoms with Crippen molar-refractivity contribution in [2.75, 3.05) is 12.3 Å². The fraction of sp³-hybridized carbons (Fsp3) is 0.316. The van der Waals surface area contributed by atoms with Crippen molar-refractivity contribution in [2.24, 2.45) is 0 Å². The minimum Gasteiger partial charge on any atom is -0.490 e. The lowest BCUT2D eigenvalue weighted by Crippen LogP contribution is -2.26. The molecule has 0 aliphatic heterocycles. The number of hydrogen-bond donors (Lipinski definition) is 1. The van der Waals surface area contributed by atoms with Crippen LogP contribution in [0.1, 0.15) is 29.8 Å². The van der Waals surface area contributed by atoms with Crippen LogP contribution >= 0.6 is 35.0 Å². The first-order chi connectivity index (χ1) is 12.0. The van der Waals surface area contributed by atoms with Gasteiger partial charge in [-0.25, -0.2) is 0 Å². The Hall–Kier alpha value is -1.36. The summed E-state index contributed by atoms with van der Waals surface area (Å²) in [7, 11) is 0. The van der Waals surface area contributed by atoms with Gasteiger partial charge in [0.15, 0.2) is 0 Å². The molecule has 25 heavy (non-hydrogen) atoms. The molecule has 0 spiro atoms. The Balaban J connectivity index is 1.79. The molecule has 134 valence electrons. The summed E-state index contributed by atoms with van der Waals surface area (Å²) >= 11 is 13.7. The number of halogens is 2. The maximum Gasteiger partial charge on any atom is 0.255 e. The van der Waals surface area contributed by atoms with Gasteiger partial charge in [-0.05, 0) is 43.7 Å². The molecule has 6 heteroatoms. The number of ether oxygens (including phenoxy) is 1. The largest absolute Gasteiger partial charge is 0.490 e. The predicted octanol–water partition coefficient (Wildman–Crippen LogP) is 5.44. The summed E-state index contributed by atoms with van der Waals surface area (Å²) in [6.45, 7) is 4.45. The summed E-state index contributed by atoms with van der Waals surface area (Å²) in [5.74, 6) is 2.05. The molecule has 2 aromatic rings. The normalized spacial score (nSPS) is 10.8. The molecule has 2 aromatic carbocycles. The first kappa shape index (κ1) is 20.0. The number of benzene rings is 2. The number of nitrogens with one attached hydrogen (secondary N) is 1.